The Bertz CT molecular complexity index is 1030. The Balaban J connectivity index is 1.55. The summed E-state index contributed by atoms with van der Waals surface area (Å²) >= 11 is 5.98. The molecule has 1 aliphatic heterocycles. The topological polar surface area (TPSA) is 87.9 Å². The molecule has 3 N–H and O–H groups in total. The number of rotatable bonds is 2. The summed E-state index contributed by atoms with van der Waals surface area (Å²) in [7, 11) is 0. The van der Waals surface area contributed by atoms with E-state index in [-0.39, 0.29) is 0 Å². The van der Waals surface area contributed by atoms with Crippen LogP contribution >= 0.6 is 11.6 Å². The molecule has 0 aliphatic carbocycles. The van der Waals surface area contributed by atoms with Gasteiger partial charge in [-0.05, 0) is 12.1 Å². The minimum Gasteiger partial charge on any atom is -0.486 e. The minimum atomic E-state index is 0.441. The highest BCUT2D eigenvalue weighted by molar-refractivity contribution is 6.29. The van der Waals surface area contributed by atoms with Crippen molar-refractivity contribution in [2.45, 2.75) is 0 Å². The molecule has 0 unspecified atom stereocenters. The first-order valence-corrected chi connectivity index (χ1v) is 7.84. The van der Waals surface area contributed by atoms with Crippen LogP contribution in [-0.2, 0) is 0 Å². The number of aromatic amines is 2. The smallest absolute Gasteiger partial charge is 0.205 e. The molecule has 0 spiro atoms. The van der Waals surface area contributed by atoms with Crippen LogP contribution in [0.1, 0.15) is 0 Å². The molecule has 0 radical (unpaired) electrons. The van der Waals surface area contributed by atoms with Gasteiger partial charge in [-0.1, -0.05) is 11.6 Å². The maximum atomic E-state index is 5.98. The third-order valence-electron chi connectivity index (χ3n) is 3.89. The van der Waals surface area contributed by atoms with E-state index in [2.05, 4.69) is 25.3 Å². The molecule has 3 aromatic heterocycles. The lowest BCUT2D eigenvalue weighted by molar-refractivity contribution is 0.172. The number of hydrogen-bond acceptors (Lipinski definition) is 5. The SMILES string of the molecule is Clc1ccc2[nH]cc(Nc3nc4cc5c(cc4[nH]3)OCCO5)c2n1. The summed E-state index contributed by atoms with van der Waals surface area (Å²) in [6.45, 7) is 1.11. The fourth-order valence-electron chi connectivity index (χ4n) is 2.80. The lowest BCUT2D eigenvalue weighted by Crippen LogP contribution is -2.15. The maximum Gasteiger partial charge on any atom is 0.205 e. The van der Waals surface area contributed by atoms with Crippen LogP contribution in [0.5, 0.6) is 11.5 Å². The fraction of sp³-hybridized carbons (Fsp3) is 0.125. The number of fused-ring (bicyclic) bond motifs is 3. The van der Waals surface area contributed by atoms with Gasteiger partial charge in [0.15, 0.2) is 11.5 Å². The predicted octanol–water partition coefficient (Wildman–Crippen LogP) is 3.61. The minimum absolute atomic E-state index is 0.441. The van der Waals surface area contributed by atoms with Crippen molar-refractivity contribution in [1.82, 2.24) is 19.9 Å². The van der Waals surface area contributed by atoms with Gasteiger partial charge in [0.2, 0.25) is 5.95 Å². The number of nitrogens with one attached hydrogen (secondary N) is 3. The lowest BCUT2D eigenvalue weighted by atomic mass is 10.2. The molecule has 0 saturated carbocycles. The first kappa shape index (κ1) is 13.5. The summed E-state index contributed by atoms with van der Waals surface area (Å²) in [4.78, 5) is 15.3. The third-order valence-corrected chi connectivity index (χ3v) is 4.10. The average molecular weight is 342 g/mol. The molecule has 5 rings (SSSR count). The van der Waals surface area contributed by atoms with Crippen LogP contribution in [0.4, 0.5) is 11.6 Å². The summed E-state index contributed by atoms with van der Waals surface area (Å²) in [5.41, 5.74) is 4.12. The van der Waals surface area contributed by atoms with Crippen LogP contribution < -0.4 is 14.8 Å². The fourth-order valence-corrected chi connectivity index (χ4v) is 2.95. The van der Waals surface area contributed by atoms with E-state index >= 15 is 0 Å². The van der Waals surface area contributed by atoms with Crippen molar-refractivity contribution < 1.29 is 9.47 Å². The highest BCUT2D eigenvalue weighted by Gasteiger charge is 2.15. The van der Waals surface area contributed by atoms with Crippen LogP contribution in [0.2, 0.25) is 5.15 Å². The Labute approximate surface area is 141 Å². The molecule has 24 heavy (non-hydrogen) atoms. The molecule has 1 aromatic carbocycles. The number of aromatic nitrogens is 4. The van der Waals surface area contributed by atoms with E-state index in [9.17, 15) is 0 Å². The summed E-state index contributed by atoms with van der Waals surface area (Å²) < 4.78 is 11.2. The molecule has 8 heteroatoms. The highest BCUT2D eigenvalue weighted by Crippen LogP contribution is 2.34. The molecule has 120 valence electrons. The molecule has 4 heterocycles. The first-order valence-electron chi connectivity index (χ1n) is 7.46. The first-order chi connectivity index (χ1) is 11.8. The average Bonchev–Trinajstić information content (AvgIpc) is 3.16. The molecule has 1 aliphatic rings. The lowest BCUT2D eigenvalue weighted by Gasteiger charge is -2.17. The van der Waals surface area contributed by atoms with Crippen LogP contribution in [0, 0.1) is 0 Å². The van der Waals surface area contributed by atoms with Crippen molar-refractivity contribution in [2.24, 2.45) is 0 Å². The quantitative estimate of drug-likeness (QED) is 0.485. The number of ether oxygens (including phenoxy) is 2. The van der Waals surface area contributed by atoms with E-state index in [1.165, 1.54) is 0 Å². The standard InChI is InChI=1S/C16H12ClN5O2/c17-14-2-1-8-15(22-14)11(7-18-8)21-16-19-9-5-12-13(6-10(9)20-16)24-4-3-23-12/h1-2,5-7,18H,3-4H2,(H2,19,20,21). The van der Waals surface area contributed by atoms with Crippen molar-refractivity contribution in [2.75, 3.05) is 18.5 Å². The zero-order chi connectivity index (χ0) is 16.1. The molecule has 0 amide bonds. The van der Waals surface area contributed by atoms with E-state index in [4.69, 9.17) is 21.1 Å². The number of imidazole rings is 1. The Morgan fingerprint density at radius 1 is 1.04 bits per heavy atom. The predicted molar refractivity (Wildman–Crippen MR) is 91.5 cm³/mol. The summed E-state index contributed by atoms with van der Waals surface area (Å²) in [5.74, 6) is 2.05. The molecule has 0 atom stereocenters. The number of halogens is 1. The van der Waals surface area contributed by atoms with E-state index in [1.54, 1.807) is 6.07 Å². The highest BCUT2D eigenvalue weighted by atomic mass is 35.5. The normalized spacial score (nSPS) is 13.5. The van der Waals surface area contributed by atoms with Crippen molar-refractivity contribution in [3.8, 4) is 11.5 Å². The van der Waals surface area contributed by atoms with Gasteiger partial charge in [-0.15, -0.1) is 0 Å². The summed E-state index contributed by atoms with van der Waals surface area (Å²) in [6, 6.07) is 7.40. The van der Waals surface area contributed by atoms with E-state index in [0.29, 0.717) is 30.1 Å². The second kappa shape index (κ2) is 5.04. The Kier molecular flexibility index (Phi) is 2.83. The second-order valence-corrected chi connectivity index (χ2v) is 5.84. The largest absolute Gasteiger partial charge is 0.486 e. The van der Waals surface area contributed by atoms with Crippen LogP contribution in [0.25, 0.3) is 22.1 Å². The van der Waals surface area contributed by atoms with Gasteiger partial charge in [-0.25, -0.2) is 9.97 Å². The van der Waals surface area contributed by atoms with Gasteiger partial charge >= 0.3 is 0 Å². The number of hydrogen-bond donors (Lipinski definition) is 3. The zero-order valence-corrected chi connectivity index (χ0v) is 13.1. The molecule has 7 nitrogen and oxygen atoms in total. The van der Waals surface area contributed by atoms with Gasteiger partial charge in [0.05, 0.1) is 22.2 Å². The molecular weight excluding hydrogens is 330 g/mol. The van der Waals surface area contributed by atoms with Gasteiger partial charge in [0.25, 0.3) is 0 Å². The zero-order valence-electron chi connectivity index (χ0n) is 12.4. The van der Waals surface area contributed by atoms with Gasteiger partial charge in [0, 0.05) is 18.3 Å². The Morgan fingerprint density at radius 2 is 1.88 bits per heavy atom. The third kappa shape index (κ3) is 2.13. The van der Waals surface area contributed by atoms with E-state index in [1.807, 2.05) is 24.4 Å². The number of nitrogens with zero attached hydrogens (tertiary/aromatic N) is 2. The monoisotopic (exact) mass is 341 g/mol. The van der Waals surface area contributed by atoms with Crippen molar-refractivity contribution in [3.63, 3.8) is 0 Å². The molecule has 0 saturated heterocycles. The molecular formula is C16H12ClN5O2. The van der Waals surface area contributed by atoms with Gasteiger partial charge in [-0.2, -0.15) is 0 Å². The Morgan fingerprint density at radius 3 is 2.75 bits per heavy atom. The van der Waals surface area contributed by atoms with Crippen LogP contribution in [-0.4, -0.2) is 33.1 Å². The van der Waals surface area contributed by atoms with Crippen LogP contribution in [0.3, 0.4) is 0 Å². The van der Waals surface area contributed by atoms with Gasteiger partial charge in [0.1, 0.15) is 23.9 Å². The summed E-state index contributed by atoms with van der Waals surface area (Å²) in [5, 5.41) is 3.67. The van der Waals surface area contributed by atoms with Gasteiger partial charge < -0.3 is 24.8 Å². The molecule has 0 bridgehead atoms. The van der Waals surface area contributed by atoms with Crippen LogP contribution in [0.15, 0.2) is 30.5 Å². The number of pyridine rings is 1. The maximum absolute atomic E-state index is 5.98. The summed E-state index contributed by atoms with van der Waals surface area (Å²) in [6.07, 6.45) is 1.83. The van der Waals surface area contributed by atoms with E-state index < -0.39 is 0 Å². The van der Waals surface area contributed by atoms with Crippen molar-refractivity contribution in [1.29, 1.82) is 0 Å². The number of benzene rings is 1. The van der Waals surface area contributed by atoms with Crippen molar-refractivity contribution in [3.05, 3.63) is 35.6 Å². The second-order valence-electron chi connectivity index (χ2n) is 5.46. The molecule has 0 fully saturated rings. The number of H-pyrrole nitrogens is 2. The van der Waals surface area contributed by atoms with Gasteiger partial charge in [-0.3, -0.25) is 0 Å². The van der Waals surface area contributed by atoms with Crippen molar-refractivity contribution >= 4 is 45.3 Å². The van der Waals surface area contributed by atoms with E-state index in [0.717, 1.165) is 33.5 Å². The number of anilines is 2. The Hall–Kier alpha value is -2.93. The molecule has 4 aromatic rings.